The van der Waals surface area contributed by atoms with Gasteiger partial charge >= 0.3 is 11.4 Å². The summed E-state index contributed by atoms with van der Waals surface area (Å²) in [4.78, 5) is 25.1. The Morgan fingerprint density at radius 1 is 0.955 bits per heavy atom. The molecule has 5 heterocycles. The van der Waals surface area contributed by atoms with Crippen molar-refractivity contribution in [1.82, 2.24) is 13.9 Å². The van der Waals surface area contributed by atoms with Crippen molar-refractivity contribution in [3.05, 3.63) is 33.1 Å². The molecule has 0 N–H and O–H groups in total. The number of aromatic nitrogens is 3. The molecule has 0 radical (unpaired) electrons. The van der Waals surface area contributed by atoms with Crippen LogP contribution < -0.4 is 11.4 Å². The molecule has 7 nitrogen and oxygen atoms in total. The second-order valence-corrected chi connectivity index (χ2v) is 6.77. The smallest absolute Gasteiger partial charge is 0.347 e. The summed E-state index contributed by atoms with van der Waals surface area (Å²) in [5.74, 6) is 0. The average Bonchev–Trinajstić information content (AvgIpc) is 3.23. The van der Waals surface area contributed by atoms with Gasteiger partial charge in [0.25, 0.3) is 0 Å². The van der Waals surface area contributed by atoms with Crippen LogP contribution in [0.25, 0.3) is 0 Å². The lowest BCUT2D eigenvalue weighted by molar-refractivity contribution is -0.225. The van der Waals surface area contributed by atoms with E-state index in [1.807, 2.05) is 12.2 Å². The molecule has 2 saturated heterocycles. The van der Waals surface area contributed by atoms with Crippen LogP contribution >= 0.6 is 0 Å². The fraction of sp³-hybridized carbons (Fsp3) is 0.733. The number of hydrogen-bond acceptors (Lipinski definition) is 4. The van der Waals surface area contributed by atoms with E-state index in [9.17, 15) is 9.59 Å². The molecule has 2 fully saturated rings. The molecule has 0 amide bonds. The number of nitrogens with zero attached hydrogens (tertiary/aromatic N) is 3. The second kappa shape index (κ2) is 3.83. The SMILES string of the molecule is Cn1c(=O)n2n(c1=O)[C@@H]1C=C[C@H]2[C@]2(CCCO2)[C@]12CCCO2. The van der Waals surface area contributed by atoms with Gasteiger partial charge in [0, 0.05) is 20.3 Å². The normalized spacial score (nSPS) is 41.9. The third-order valence-corrected chi connectivity index (χ3v) is 5.98. The zero-order chi connectivity index (χ0) is 15.1. The number of rotatable bonds is 0. The summed E-state index contributed by atoms with van der Waals surface area (Å²) in [6, 6.07) is -0.529. The van der Waals surface area contributed by atoms with Gasteiger partial charge in [0.15, 0.2) is 0 Å². The Morgan fingerprint density at radius 2 is 1.41 bits per heavy atom. The van der Waals surface area contributed by atoms with E-state index < -0.39 is 11.2 Å². The second-order valence-electron chi connectivity index (χ2n) is 6.77. The average molecular weight is 305 g/mol. The van der Waals surface area contributed by atoms with Crippen molar-refractivity contribution in [3.63, 3.8) is 0 Å². The first-order chi connectivity index (χ1) is 10.6. The summed E-state index contributed by atoms with van der Waals surface area (Å²) < 4.78 is 16.9. The van der Waals surface area contributed by atoms with Gasteiger partial charge in [-0.3, -0.25) is 0 Å². The molecular formula is C15H19N3O4. The molecule has 1 aliphatic carbocycles. The van der Waals surface area contributed by atoms with Crippen molar-refractivity contribution < 1.29 is 9.47 Å². The largest absolute Gasteiger partial charge is 0.369 e. The molecule has 4 atom stereocenters. The molecular weight excluding hydrogens is 286 g/mol. The molecule has 1 aromatic heterocycles. The Kier molecular flexibility index (Phi) is 2.25. The molecule has 0 unspecified atom stereocenters. The molecule has 2 bridgehead atoms. The summed E-state index contributed by atoms with van der Waals surface area (Å²) in [5, 5.41) is 0. The first-order valence-corrected chi connectivity index (χ1v) is 7.99. The van der Waals surface area contributed by atoms with E-state index in [-0.39, 0.29) is 23.5 Å². The van der Waals surface area contributed by atoms with Crippen LogP contribution in [-0.2, 0) is 16.5 Å². The van der Waals surface area contributed by atoms with Crippen molar-refractivity contribution in [2.75, 3.05) is 13.2 Å². The maximum absolute atomic E-state index is 12.5. The lowest BCUT2D eigenvalue weighted by Gasteiger charge is -2.57. The molecule has 22 heavy (non-hydrogen) atoms. The number of hydrogen-bond donors (Lipinski definition) is 0. The van der Waals surface area contributed by atoms with E-state index in [0.717, 1.165) is 25.7 Å². The van der Waals surface area contributed by atoms with Gasteiger partial charge in [0.1, 0.15) is 23.3 Å². The third kappa shape index (κ3) is 1.12. The van der Waals surface area contributed by atoms with E-state index in [4.69, 9.17) is 9.47 Å². The van der Waals surface area contributed by atoms with Gasteiger partial charge < -0.3 is 9.47 Å². The highest BCUT2D eigenvalue weighted by atomic mass is 16.6. The zero-order valence-electron chi connectivity index (χ0n) is 12.5. The van der Waals surface area contributed by atoms with Crippen LogP contribution in [0, 0.1) is 0 Å². The molecule has 7 heteroatoms. The first-order valence-electron chi connectivity index (χ1n) is 7.99. The predicted molar refractivity (Wildman–Crippen MR) is 77.0 cm³/mol. The minimum atomic E-state index is -0.513. The molecule has 6 rings (SSSR count). The standard InChI is InChI=1S/C15H19N3O4/c1-16-12(19)17-10-4-5-11(18(17)13(16)20)15(7-3-9-22-15)14(10)6-2-8-21-14/h4-5,10-11H,2-3,6-9H2,1H3/t10-,11+,14+,15-. The van der Waals surface area contributed by atoms with Crippen LogP contribution in [0.5, 0.6) is 0 Å². The van der Waals surface area contributed by atoms with Crippen molar-refractivity contribution in [1.29, 1.82) is 0 Å². The Balaban J connectivity index is 1.87. The molecule has 1 aromatic rings. The Hall–Kier alpha value is -1.60. The Bertz CT molecular complexity index is 723. The summed E-state index contributed by atoms with van der Waals surface area (Å²) in [6.07, 6.45) is 7.73. The van der Waals surface area contributed by atoms with Gasteiger partial charge in [0.05, 0.1) is 0 Å². The van der Waals surface area contributed by atoms with Crippen LogP contribution in [0.1, 0.15) is 37.8 Å². The van der Waals surface area contributed by atoms with Crippen molar-refractivity contribution >= 4 is 0 Å². The van der Waals surface area contributed by atoms with Gasteiger partial charge in [-0.25, -0.2) is 23.5 Å². The highest BCUT2D eigenvalue weighted by Crippen LogP contribution is 2.60. The fourth-order valence-corrected chi connectivity index (χ4v) is 5.12. The molecule has 2 spiro atoms. The third-order valence-electron chi connectivity index (χ3n) is 5.98. The van der Waals surface area contributed by atoms with E-state index in [1.165, 1.54) is 11.6 Å². The van der Waals surface area contributed by atoms with Crippen LogP contribution in [0.4, 0.5) is 0 Å². The van der Waals surface area contributed by atoms with Crippen LogP contribution in [0.2, 0.25) is 0 Å². The zero-order valence-corrected chi connectivity index (χ0v) is 12.5. The molecule has 0 saturated carbocycles. The maximum Gasteiger partial charge on any atom is 0.347 e. The molecule has 4 aliphatic heterocycles. The van der Waals surface area contributed by atoms with E-state index >= 15 is 0 Å². The van der Waals surface area contributed by atoms with Crippen LogP contribution in [0.15, 0.2) is 21.7 Å². The van der Waals surface area contributed by atoms with Crippen LogP contribution in [-0.4, -0.2) is 38.3 Å². The van der Waals surface area contributed by atoms with Gasteiger partial charge in [-0.1, -0.05) is 12.2 Å². The first kappa shape index (κ1) is 12.9. The van der Waals surface area contributed by atoms with E-state index in [2.05, 4.69) is 0 Å². The quantitative estimate of drug-likeness (QED) is 0.638. The van der Waals surface area contributed by atoms with E-state index in [1.54, 1.807) is 9.36 Å². The summed E-state index contributed by atoms with van der Waals surface area (Å²) in [5.41, 5.74) is -1.57. The Morgan fingerprint density at radius 3 is 1.77 bits per heavy atom. The van der Waals surface area contributed by atoms with Gasteiger partial charge in [-0.2, -0.15) is 0 Å². The molecule has 0 aromatic carbocycles. The highest BCUT2D eigenvalue weighted by Gasteiger charge is 2.69. The van der Waals surface area contributed by atoms with E-state index in [0.29, 0.717) is 13.2 Å². The molecule has 5 aliphatic rings. The maximum atomic E-state index is 12.5. The monoisotopic (exact) mass is 305 g/mol. The fourth-order valence-electron chi connectivity index (χ4n) is 5.12. The summed E-state index contributed by atoms with van der Waals surface area (Å²) in [7, 11) is 1.53. The van der Waals surface area contributed by atoms with Gasteiger partial charge in [-0.05, 0) is 25.7 Å². The minimum Gasteiger partial charge on any atom is -0.369 e. The predicted octanol–water partition coefficient (Wildman–Crippen LogP) is 0.112. The van der Waals surface area contributed by atoms with Crippen molar-refractivity contribution in [2.45, 2.75) is 49.0 Å². The Labute approximate surface area is 126 Å². The summed E-state index contributed by atoms with van der Waals surface area (Å²) in [6.45, 7) is 1.38. The summed E-state index contributed by atoms with van der Waals surface area (Å²) >= 11 is 0. The van der Waals surface area contributed by atoms with Crippen LogP contribution in [0.3, 0.4) is 0 Å². The lowest BCUT2D eigenvalue weighted by Crippen LogP contribution is -2.69. The number of ether oxygens (including phenoxy) is 2. The van der Waals surface area contributed by atoms with Gasteiger partial charge in [0.2, 0.25) is 0 Å². The van der Waals surface area contributed by atoms with Gasteiger partial charge in [-0.15, -0.1) is 0 Å². The highest BCUT2D eigenvalue weighted by molar-refractivity contribution is 5.30. The molecule has 118 valence electrons. The minimum absolute atomic E-state index is 0.264. The van der Waals surface area contributed by atoms with Crippen molar-refractivity contribution in [2.24, 2.45) is 7.05 Å². The van der Waals surface area contributed by atoms with Crippen molar-refractivity contribution in [3.8, 4) is 0 Å². The topological polar surface area (TPSA) is 67.4 Å². The lowest BCUT2D eigenvalue weighted by atomic mass is 9.65.